The number of carbonyl (C=O) groups is 1. The summed E-state index contributed by atoms with van der Waals surface area (Å²) >= 11 is 1.41. The summed E-state index contributed by atoms with van der Waals surface area (Å²) in [6.45, 7) is 1.89. The lowest BCUT2D eigenvalue weighted by atomic mass is 10.00. The summed E-state index contributed by atoms with van der Waals surface area (Å²) in [6, 6.07) is 5.68. The number of carbonyl (C=O) groups excluding carboxylic acids is 1. The molecule has 6 heteroatoms. The fourth-order valence-electron chi connectivity index (χ4n) is 1.97. The number of amides is 1. The zero-order valence-corrected chi connectivity index (χ0v) is 13.1. The third-order valence-electron chi connectivity index (χ3n) is 3.10. The molecule has 5 nitrogen and oxygen atoms in total. The first-order chi connectivity index (χ1) is 10.1. The molecule has 0 aliphatic heterocycles. The second kappa shape index (κ2) is 7.08. The van der Waals surface area contributed by atoms with Crippen LogP contribution in [0.25, 0.3) is 0 Å². The van der Waals surface area contributed by atoms with Gasteiger partial charge in [-0.05, 0) is 24.1 Å². The van der Waals surface area contributed by atoms with Gasteiger partial charge in [-0.2, -0.15) is 0 Å². The molecule has 0 aliphatic carbocycles. The molecule has 1 aromatic carbocycles. The average molecular weight is 306 g/mol. The zero-order valence-electron chi connectivity index (χ0n) is 12.3. The van der Waals surface area contributed by atoms with E-state index in [1.54, 1.807) is 20.4 Å². The van der Waals surface area contributed by atoms with Crippen LogP contribution in [0.4, 0.5) is 5.13 Å². The van der Waals surface area contributed by atoms with Crippen molar-refractivity contribution in [2.75, 3.05) is 19.5 Å². The predicted molar refractivity (Wildman–Crippen MR) is 83.2 cm³/mol. The van der Waals surface area contributed by atoms with Crippen molar-refractivity contribution < 1.29 is 14.3 Å². The van der Waals surface area contributed by atoms with Gasteiger partial charge in [-0.1, -0.05) is 13.0 Å². The molecule has 0 aliphatic rings. The van der Waals surface area contributed by atoms with Crippen LogP contribution in [0.1, 0.15) is 12.5 Å². The van der Waals surface area contributed by atoms with Crippen LogP contribution in [0, 0.1) is 5.92 Å². The second-order valence-corrected chi connectivity index (χ2v) is 5.52. The average Bonchev–Trinajstić information content (AvgIpc) is 2.99. The molecule has 1 heterocycles. The Labute approximate surface area is 127 Å². The zero-order chi connectivity index (χ0) is 15.2. The van der Waals surface area contributed by atoms with Crippen LogP contribution >= 0.6 is 11.3 Å². The first-order valence-electron chi connectivity index (χ1n) is 6.55. The molecule has 0 bridgehead atoms. The van der Waals surface area contributed by atoms with Crippen LogP contribution in [0.2, 0.25) is 0 Å². The van der Waals surface area contributed by atoms with Crippen molar-refractivity contribution in [2.24, 2.45) is 5.92 Å². The topological polar surface area (TPSA) is 60.5 Å². The summed E-state index contributed by atoms with van der Waals surface area (Å²) in [6.07, 6.45) is 2.29. The Balaban J connectivity index is 2.01. The lowest BCUT2D eigenvalue weighted by Crippen LogP contribution is -2.22. The number of rotatable bonds is 6. The Morgan fingerprint density at radius 1 is 1.33 bits per heavy atom. The Kier molecular flexibility index (Phi) is 5.16. The summed E-state index contributed by atoms with van der Waals surface area (Å²) in [5.74, 6) is 1.15. The number of methoxy groups -OCH3 is 2. The van der Waals surface area contributed by atoms with E-state index in [-0.39, 0.29) is 11.8 Å². The first-order valence-corrected chi connectivity index (χ1v) is 7.43. The molecule has 0 radical (unpaired) electrons. The van der Waals surface area contributed by atoms with Crippen molar-refractivity contribution in [2.45, 2.75) is 13.3 Å². The van der Waals surface area contributed by atoms with Crippen molar-refractivity contribution in [1.29, 1.82) is 0 Å². The highest BCUT2D eigenvalue weighted by molar-refractivity contribution is 7.13. The molecule has 1 amide bonds. The minimum atomic E-state index is -0.160. The summed E-state index contributed by atoms with van der Waals surface area (Å²) < 4.78 is 10.5. The molecule has 0 fully saturated rings. The van der Waals surface area contributed by atoms with Gasteiger partial charge in [0.1, 0.15) is 0 Å². The van der Waals surface area contributed by atoms with Gasteiger partial charge in [0.2, 0.25) is 5.91 Å². The summed E-state index contributed by atoms with van der Waals surface area (Å²) in [4.78, 5) is 16.1. The normalized spacial score (nSPS) is 11.8. The van der Waals surface area contributed by atoms with Crippen LogP contribution in [-0.2, 0) is 11.2 Å². The van der Waals surface area contributed by atoms with Crippen LogP contribution in [0.3, 0.4) is 0 Å². The highest BCUT2D eigenvalue weighted by atomic mass is 32.1. The highest BCUT2D eigenvalue weighted by Crippen LogP contribution is 2.28. The molecule has 2 rings (SSSR count). The van der Waals surface area contributed by atoms with Gasteiger partial charge in [0.25, 0.3) is 0 Å². The maximum Gasteiger partial charge on any atom is 0.229 e. The molecule has 0 saturated heterocycles. The number of hydrogen-bond donors (Lipinski definition) is 1. The monoisotopic (exact) mass is 306 g/mol. The SMILES string of the molecule is COc1ccc(CC(C)C(=O)Nc2nccs2)cc1OC. The molecule has 1 aromatic heterocycles. The molecular weight excluding hydrogens is 288 g/mol. The Hall–Kier alpha value is -2.08. The quantitative estimate of drug-likeness (QED) is 0.891. The van der Waals surface area contributed by atoms with Gasteiger partial charge < -0.3 is 14.8 Å². The van der Waals surface area contributed by atoms with E-state index in [0.29, 0.717) is 23.1 Å². The van der Waals surface area contributed by atoms with Gasteiger partial charge >= 0.3 is 0 Å². The molecule has 0 spiro atoms. The van der Waals surface area contributed by atoms with Crippen LogP contribution in [0.5, 0.6) is 11.5 Å². The number of thiazole rings is 1. The maximum absolute atomic E-state index is 12.1. The molecule has 21 heavy (non-hydrogen) atoms. The second-order valence-electron chi connectivity index (χ2n) is 4.62. The van der Waals surface area contributed by atoms with E-state index >= 15 is 0 Å². The number of aromatic nitrogens is 1. The van der Waals surface area contributed by atoms with Gasteiger partial charge in [-0.25, -0.2) is 4.98 Å². The molecular formula is C15H18N2O3S. The molecule has 0 saturated carbocycles. The van der Waals surface area contributed by atoms with E-state index in [1.807, 2.05) is 30.5 Å². The number of nitrogens with zero attached hydrogens (tertiary/aromatic N) is 1. The van der Waals surface area contributed by atoms with Crippen molar-refractivity contribution in [3.63, 3.8) is 0 Å². The largest absolute Gasteiger partial charge is 0.493 e. The van der Waals surface area contributed by atoms with E-state index in [9.17, 15) is 4.79 Å². The van der Waals surface area contributed by atoms with Crippen LogP contribution in [-0.4, -0.2) is 25.1 Å². The highest BCUT2D eigenvalue weighted by Gasteiger charge is 2.16. The first kappa shape index (κ1) is 15.3. The van der Waals surface area contributed by atoms with E-state index in [1.165, 1.54) is 11.3 Å². The lowest BCUT2D eigenvalue weighted by Gasteiger charge is -2.13. The number of benzene rings is 1. The minimum absolute atomic E-state index is 0.0419. The van der Waals surface area contributed by atoms with Crippen molar-refractivity contribution in [3.8, 4) is 11.5 Å². The van der Waals surface area contributed by atoms with E-state index in [0.717, 1.165) is 5.56 Å². The predicted octanol–water partition coefficient (Wildman–Crippen LogP) is 2.98. The Bertz CT molecular complexity index is 599. The third kappa shape index (κ3) is 3.95. The van der Waals surface area contributed by atoms with Crippen molar-refractivity contribution >= 4 is 22.4 Å². The van der Waals surface area contributed by atoms with E-state index < -0.39 is 0 Å². The van der Waals surface area contributed by atoms with Crippen LogP contribution < -0.4 is 14.8 Å². The van der Waals surface area contributed by atoms with Gasteiger partial charge in [0.15, 0.2) is 16.6 Å². The van der Waals surface area contributed by atoms with Gasteiger partial charge in [0.05, 0.1) is 14.2 Å². The Morgan fingerprint density at radius 2 is 2.10 bits per heavy atom. The lowest BCUT2D eigenvalue weighted by molar-refractivity contribution is -0.119. The van der Waals surface area contributed by atoms with Crippen molar-refractivity contribution in [1.82, 2.24) is 4.98 Å². The summed E-state index contributed by atoms with van der Waals surface area (Å²) in [5, 5.41) is 5.26. The van der Waals surface area contributed by atoms with E-state index in [4.69, 9.17) is 9.47 Å². The fraction of sp³-hybridized carbons (Fsp3) is 0.333. The maximum atomic E-state index is 12.1. The van der Waals surface area contributed by atoms with E-state index in [2.05, 4.69) is 10.3 Å². The fourth-order valence-corrected chi connectivity index (χ4v) is 2.50. The summed E-state index contributed by atoms with van der Waals surface area (Å²) in [5.41, 5.74) is 1.02. The summed E-state index contributed by atoms with van der Waals surface area (Å²) in [7, 11) is 3.20. The molecule has 1 atom stereocenters. The number of ether oxygens (including phenoxy) is 2. The minimum Gasteiger partial charge on any atom is -0.493 e. The smallest absolute Gasteiger partial charge is 0.229 e. The third-order valence-corrected chi connectivity index (χ3v) is 3.79. The standard InChI is InChI=1S/C15H18N2O3S/c1-10(14(18)17-15-16-6-7-21-15)8-11-4-5-12(19-2)13(9-11)20-3/h4-7,9-10H,8H2,1-3H3,(H,16,17,18). The molecule has 2 aromatic rings. The molecule has 1 unspecified atom stereocenters. The molecule has 112 valence electrons. The number of anilines is 1. The van der Waals surface area contributed by atoms with Crippen molar-refractivity contribution in [3.05, 3.63) is 35.3 Å². The molecule has 1 N–H and O–H groups in total. The van der Waals surface area contributed by atoms with Gasteiger partial charge in [0, 0.05) is 17.5 Å². The van der Waals surface area contributed by atoms with Crippen LogP contribution in [0.15, 0.2) is 29.8 Å². The number of nitrogens with one attached hydrogen (secondary N) is 1. The van der Waals surface area contributed by atoms with Gasteiger partial charge in [-0.15, -0.1) is 11.3 Å². The Morgan fingerprint density at radius 3 is 2.71 bits per heavy atom. The number of hydrogen-bond acceptors (Lipinski definition) is 5. The van der Waals surface area contributed by atoms with Gasteiger partial charge in [-0.3, -0.25) is 4.79 Å².